The predicted molar refractivity (Wildman–Crippen MR) is 138 cm³/mol. The fourth-order valence-corrected chi connectivity index (χ4v) is 4.37. The predicted octanol–water partition coefficient (Wildman–Crippen LogP) is 5.64. The lowest BCUT2D eigenvalue weighted by molar-refractivity contribution is 0.0950. The van der Waals surface area contributed by atoms with Gasteiger partial charge in [-0.15, -0.1) is 11.3 Å². The molecule has 8 heteroatoms. The van der Waals surface area contributed by atoms with Crippen molar-refractivity contribution in [2.24, 2.45) is 0 Å². The molecule has 0 spiro atoms. The standard InChI is InChI=1S/C27H22N6OS/c1-18-30-24(19-7-3-2-4-8-19)14-25(31-18)32-22-11-5-9-20(13-22)26(34)29-16-23-17-35-27(33-23)21-10-6-12-28-15-21/h2-15,17H,16H2,1H3,(H,29,34)(H,30,31,32). The third-order valence-electron chi connectivity index (χ3n) is 5.19. The maximum atomic E-state index is 12.8. The van der Waals surface area contributed by atoms with Crippen molar-refractivity contribution in [1.29, 1.82) is 0 Å². The van der Waals surface area contributed by atoms with Crippen LogP contribution in [-0.4, -0.2) is 25.8 Å². The molecule has 0 saturated heterocycles. The van der Waals surface area contributed by atoms with Gasteiger partial charge in [-0.2, -0.15) is 0 Å². The third-order valence-corrected chi connectivity index (χ3v) is 6.14. The highest BCUT2D eigenvalue weighted by molar-refractivity contribution is 7.13. The zero-order valence-electron chi connectivity index (χ0n) is 19.0. The summed E-state index contributed by atoms with van der Waals surface area (Å²) < 4.78 is 0. The van der Waals surface area contributed by atoms with Gasteiger partial charge < -0.3 is 10.6 Å². The zero-order chi connectivity index (χ0) is 24.0. The lowest BCUT2D eigenvalue weighted by atomic mass is 10.1. The minimum absolute atomic E-state index is 0.173. The van der Waals surface area contributed by atoms with Gasteiger partial charge in [0.05, 0.1) is 17.9 Å². The van der Waals surface area contributed by atoms with Crippen molar-refractivity contribution < 1.29 is 4.79 Å². The van der Waals surface area contributed by atoms with Crippen molar-refractivity contribution in [1.82, 2.24) is 25.3 Å². The van der Waals surface area contributed by atoms with E-state index in [1.807, 2.05) is 73.0 Å². The highest BCUT2D eigenvalue weighted by Crippen LogP contribution is 2.24. The van der Waals surface area contributed by atoms with Crippen molar-refractivity contribution in [2.75, 3.05) is 5.32 Å². The number of carbonyl (C=O) groups excluding carboxylic acids is 1. The summed E-state index contributed by atoms with van der Waals surface area (Å²) in [6.45, 7) is 2.21. The minimum atomic E-state index is -0.173. The lowest BCUT2D eigenvalue weighted by Crippen LogP contribution is -2.23. The molecule has 5 aromatic rings. The monoisotopic (exact) mass is 478 g/mol. The van der Waals surface area contributed by atoms with E-state index >= 15 is 0 Å². The summed E-state index contributed by atoms with van der Waals surface area (Å²) in [6.07, 6.45) is 3.51. The molecule has 3 aromatic heterocycles. The molecule has 172 valence electrons. The Morgan fingerprint density at radius 1 is 0.914 bits per heavy atom. The van der Waals surface area contributed by atoms with Gasteiger partial charge >= 0.3 is 0 Å². The van der Waals surface area contributed by atoms with E-state index in [9.17, 15) is 4.79 Å². The Morgan fingerprint density at radius 2 is 1.77 bits per heavy atom. The number of hydrogen-bond donors (Lipinski definition) is 2. The number of aryl methyl sites for hydroxylation is 1. The molecule has 0 unspecified atom stereocenters. The summed E-state index contributed by atoms with van der Waals surface area (Å²) in [5.41, 5.74) is 4.94. The van der Waals surface area contributed by atoms with Crippen molar-refractivity contribution in [3.63, 3.8) is 0 Å². The van der Waals surface area contributed by atoms with Gasteiger partial charge in [0, 0.05) is 46.2 Å². The van der Waals surface area contributed by atoms with Gasteiger partial charge in [-0.05, 0) is 37.3 Å². The highest BCUT2D eigenvalue weighted by atomic mass is 32.1. The molecule has 2 N–H and O–H groups in total. The molecule has 0 bridgehead atoms. The number of benzene rings is 2. The number of thiazole rings is 1. The highest BCUT2D eigenvalue weighted by Gasteiger charge is 2.10. The number of carbonyl (C=O) groups is 1. The summed E-state index contributed by atoms with van der Waals surface area (Å²) in [6, 6.07) is 23.0. The average molecular weight is 479 g/mol. The smallest absolute Gasteiger partial charge is 0.251 e. The van der Waals surface area contributed by atoms with Crippen molar-refractivity contribution >= 4 is 28.7 Å². The van der Waals surface area contributed by atoms with Gasteiger partial charge in [-0.25, -0.2) is 15.0 Å². The number of nitrogens with one attached hydrogen (secondary N) is 2. The van der Waals surface area contributed by atoms with E-state index in [4.69, 9.17) is 0 Å². The number of pyridine rings is 1. The van der Waals surface area contributed by atoms with Crippen LogP contribution in [0.5, 0.6) is 0 Å². The average Bonchev–Trinajstić information content (AvgIpc) is 3.37. The fourth-order valence-electron chi connectivity index (χ4n) is 3.56. The molecule has 0 radical (unpaired) electrons. The van der Waals surface area contributed by atoms with Crippen LogP contribution in [0.1, 0.15) is 21.9 Å². The topological polar surface area (TPSA) is 92.7 Å². The first-order valence-corrected chi connectivity index (χ1v) is 11.9. The van der Waals surface area contributed by atoms with Crippen molar-refractivity contribution in [2.45, 2.75) is 13.5 Å². The molecule has 0 aliphatic carbocycles. The third kappa shape index (κ3) is 5.56. The maximum absolute atomic E-state index is 12.8. The number of amides is 1. The second kappa shape index (κ2) is 10.2. The number of rotatable bonds is 7. The van der Waals surface area contributed by atoms with Crippen LogP contribution in [0.3, 0.4) is 0 Å². The summed E-state index contributed by atoms with van der Waals surface area (Å²) in [5, 5.41) is 9.07. The molecular weight excluding hydrogens is 456 g/mol. The molecule has 35 heavy (non-hydrogen) atoms. The Bertz CT molecular complexity index is 1450. The Kier molecular flexibility index (Phi) is 6.54. The first-order chi connectivity index (χ1) is 17.1. The minimum Gasteiger partial charge on any atom is -0.346 e. The van der Waals surface area contributed by atoms with E-state index in [0.717, 1.165) is 33.2 Å². The molecule has 2 aromatic carbocycles. The molecular formula is C27H22N6OS. The van der Waals surface area contributed by atoms with Crippen LogP contribution in [0.4, 0.5) is 11.5 Å². The maximum Gasteiger partial charge on any atom is 0.251 e. The molecule has 0 atom stereocenters. The second-order valence-electron chi connectivity index (χ2n) is 7.83. The van der Waals surface area contributed by atoms with Crippen LogP contribution in [-0.2, 0) is 6.54 Å². The number of aromatic nitrogens is 4. The van der Waals surface area contributed by atoms with E-state index in [0.29, 0.717) is 23.8 Å². The Balaban J connectivity index is 1.26. The van der Waals surface area contributed by atoms with E-state index < -0.39 is 0 Å². The summed E-state index contributed by atoms with van der Waals surface area (Å²) in [5.74, 6) is 1.16. The van der Waals surface area contributed by atoms with Gasteiger partial charge in [-0.3, -0.25) is 9.78 Å². The van der Waals surface area contributed by atoms with Crippen molar-refractivity contribution in [3.05, 3.63) is 108 Å². The molecule has 0 aliphatic rings. The first kappa shape index (κ1) is 22.4. The summed E-state index contributed by atoms with van der Waals surface area (Å²) in [4.78, 5) is 30.6. The zero-order valence-corrected chi connectivity index (χ0v) is 19.8. The van der Waals surface area contributed by atoms with Gasteiger partial charge in [0.25, 0.3) is 5.91 Å². The lowest BCUT2D eigenvalue weighted by Gasteiger charge is -2.10. The van der Waals surface area contributed by atoms with Crippen LogP contribution in [0, 0.1) is 6.92 Å². The number of nitrogens with zero attached hydrogens (tertiary/aromatic N) is 4. The van der Waals surface area contributed by atoms with Crippen LogP contribution in [0.15, 0.2) is 90.6 Å². The van der Waals surface area contributed by atoms with E-state index in [1.165, 1.54) is 11.3 Å². The van der Waals surface area contributed by atoms with Gasteiger partial charge in [0.2, 0.25) is 0 Å². The normalized spacial score (nSPS) is 10.7. The molecule has 1 amide bonds. The van der Waals surface area contributed by atoms with E-state index in [1.54, 1.807) is 24.5 Å². The number of hydrogen-bond acceptors (Lipinski definition) is 7. The Hall–Kier alpha value is -4.43. The summed E-state index contributed by atoms with van der Waals surface area (Å²) >= 11 is 1.53. The van der Waals surface area contributed by atoms with Gasteiger partial charge in [-0.1, -0.05) is 36.4 Å². The largest absolute Gasteiger partial charge is 0.346 e. The fraction of sp³-hybridized carbons (Fsp3) is 0.0741. The quantitative estimate of drug-likeness (QED) is 0.314. The Labute approximate surface area is 207 Å². The molecule has 5 rings (SSSR count). The molecule has 0 saturated carbocycles. The van der Waals surface area contributed by atoms with Gasteiger partial charge in [0.15, 0.2) is 0 Å². The molecule has 0 fully saturated rings. The Morgan fingerprint density at radius 3 is 2.60 bits per heavy atom. The summed E-state index contributed by atoms with van der Waals surface area (Å²) in [7, 11) is 0. The first-order valence-electron chi connectivity index (χ1n) is 11.1. The SMILES string of the molecule is Cc1nc(Nc2cccc(C(=O)NCc3csc(-c4cccnc4)n3)c2)cc(-c2ccccc2)n1. The van der Waals surface area contributed by atoms with Crippen LogP contribution in [0.25, 0.3) is 21.8 Å². The van der Waals surface area contributed by atoms with Crippen LogP contribution >= 0.6 is 11.3 Å². The molecule has 7 nitrogen and oxygen atoms in total. The van der Waals surface area contributed by atoms with E-state index in [-0.39, 0.29) is 5.91 Å². The van der Waals surface area contributed by atoms with Crippen molar-refractivity contribution in [3.8, 4) is 21.8 Å². The van der Waals surface area contributed by atoms with Gasteiger partial charge in [0.1, 0.15) is 16.6 Å². The molecule has 3 heterocycles. The number of anilines is 2. The van der Waals surface area contributed by atoms with Crippen LogP contribution < -0.4 is 10.6 Å². The van der Waals surface area contributed by atoms with Crippen LogP contribution in [0.2, 0.25) is 0 Å². The molecule has 0 aliphatic heterocycles. The van der Waals surface area contributed by atoms with E-state index in [2.05, 4.69) is 30.6 Å². The second-order valence-corrected chi connectivity index (χ2v) is 8.68.